The molecule has 0 aliphatic carbocycles. The Labute approximate surface area is 130 Å². The molecule has 22 heavy (non-hydrogen) atoms. The molecule has 6 heteroatoms. The molecule has 0 bridgehead atoms. The second-order valence-corrected chi connectivity index (χ2v) is 5.99. The van der Waals surface area contributed by atoms with Gasteiger partial charge in [0.05, 0.1) is 6.04 Å². The molecule has 0 aromatic heterocycles. The Kier molecular flexibility index (Phi) is 4.90. The summed E-state index contributed by atoms with van der Waals surface area (Å²) in [5.41, 5.74) is 7.31. The zero-order valence-corrected chi connectivity index (χ0v) is 13.3. The normalized spacial score (nSPS) is 14.6. The van der Waals surface area contributed by atoms with Crippen LogP contribution in [0.1, 0.15) is 30.9 Å². The van der Waals surface area contributed by atoms with Crippen molar-refractivity contribution >= 4 is 11.9 Å². The number of benzene rings is 1. The summed E-state index contributed by atoms with van der Waals surface area (Å²) in [5, 5.41) is 2.82. The number of likely N-dealkylation sites (tertiary alicyclic amines) is 1. The van der Waals surface area contributed by atoms with Crippen LogP contribution in [-0.4, -0.2) is 42.6 Å². The van der Waals surface area contributed by atoms with Gasteiger partial charge in [-0.15, -0.1) is 0 Å². The number of urea groups is 1. The Morgan fingerprint density at radius 2 is 2.09 bits per heavy atom. The zero-order chi connectivity index (χ0) is 16.3. The van der Waals surface area contributed by atoms with Gasteiger partial charge in [0.25, 0.3) is 5.91 Å². The topological polar surface area (TPSA) is 84.7 Å². The summed E-state index contributed by atoms with van der Waals surface area (Å²) in [5.74, 6) is 0.886. The molecule has 0 atom stereocenters. The average Bonchev–Trinajstić information content (AvgIpc) is 2.39. The standard InChI is InChI=1S/C16H23N3O3/c1-10(2)13-5-4-11(3)6-14(13)22-9-15(20)18-12-7-19(8-12)16(17)21/h4-6,10,12H,7-9H2,1-3H3,(H2,17,21)(H,18,20). The van der Waals surface area contributed by atoms with E-state index in [9.17, 15) is 9.59 Å². The second kappa shape index (κ2) is 6.68. The van der Waals surface area contributed by atoms with Crippen molar-refractivity contribution in [2.45, 2.75) is 32.7 Å². The first-order chi connectivity index (χ1) is 10.4. The molecular formula is C16H23N3O3. The third kappa shape index (κ3) is 3.90. The van der Waals surface area contributed by atoms with Crippen molar-refractivity contribution in [1.29, 1.82) is 0 Å². The van der Waals surface area contributed by atoms with Crippen LogP contribution in [0.15, 0.2) is 18.2 Å². The largest absolute Gasteiger partial charge is 0.483 e. The van der Waals surface area contributed by atoms with Gasteiger partial charge in [0.2, 0.25) is 0 Å². The van der Waals surface area contributed by atoms with Gasteiger partial charge in [0.1, 0.15) is 5.75 Å². The lowest BCUT2D eigenvalue weighted by Gasteiger charge is -2.38. The lowest BCUT2D eigenvalue weighted by atomic mass is 10.0. The van der Waals surface area contributed by atoms with Crippen molar-refractivity contribution in [3.63, 3.8) is 0 Å². The van der Waals surface area contributed by atoms with E-state index in [1.54, 1.807) is 0 Å². The molecule has 1 saturated heterocycles. The van der Waals surface area contributed by atoms with E-state index in [1.807, 2.05) is 25.1 Å². The van der Waals surface area contributed by atoms with Crippen LogP contribution >= 0.6 is 0 Å². The lowest BCUT2D eigenvalue weighted by Crippen LogP contribution is -2.62. The summed E-state index contributed by atoms with van der Waals surface area (Å²) in [6, 6.07) is 5.52. The fourth-order valence-corrected chi connectivity index (χ4v) is 2.41. The van der Waals surface area contributed by atoms with Gasteiger partial charge in [-0.2, -0.15) is 0 Å². The molecule has 0 radical (unpaired) electrons. The number of rotatable bonds is 5. The van der Waals surface area contributed by atoms with Crippen LogP contribution in [0.25, 0.3) is 0 Å². The summed E-state index contributed by atoms with van der Waals surface area (Å²) < 4.78 is 5.67. The number of carbonyl (C=O) groups excluding carboxylic acids is 2. The highest BCUT2D eigenvalue weighted by atomic mass is 16.5. The minimum Gasteiger partial charge on any atom is -0.483 e. The molecule has 0 spiro atoms. The molecule has 1 aliphatic heterocycles. The second-order valence-electron chi connectivity index (χ2n) is 5.99. The number of nitrogens with zero attached hydrogens (tertiary/aromatic N) is 1. The van der Waals surface area contributed by atoms with Crippen LogP contribution in [0.4, 0.5) is 4.79 Å². The summed E-state index contributed by atoms with van der Waals surface area (Å²) in [4.78, 5) is 24.2. The minimum absolute atomic E-state index is 0.0315. The quantitative estimate of drug-likeness (QED) is 0.862. The minimum atomic E-state index is -0.455. The van der Waals surface area contributed by atoms with E-state index in [1.165, 1.54) is 4.90 Å². The first-order valence-corrected chi connectivity index (χ1v) is 7.44. The van der Waals surface area contributed by atoms with E-state index in [0.717, 1.165) is 16.9 Å². The van der Waals surface area contributed by atoms with Crippen LogP contribution in [0.2, 0.25) is 0 Å². The van der Waals surface area contributed by atoms with Crippen LogP contribution in [0.3, 0.4) is 0 Å². The Morgan fingerprint density at radius 3 is 2.68 bits per heavy atom. The Morgan fingerprint density at radius 1 is 1.41 bits per heavy atom. The van der Waals surface area contributed by atoms with Gasteiger partial charge >= 0.3 is 6.03 Å². The maximum absolute atomic E-state index is 11.9. The molecule has 1 heterocycles. The number of aryl methyl sites for hydroxylation is 1. The van der Waals surface area contributed by atoms with Crippen LogP contribution < -0.4 is 15.8 Å². The van der Waals surface area contributed by atoms with Crippen LogP contribution in [-0.2, 0) is 4.79 Å². The van der Waals surface area contributed by atoms with E-state index >= 15 is 0 Å². The number of hydrogen-bond donors (Lipinski definition) is 2. The molecular weight excluding hydrogens is 282 g/mol. The number of carbonyl (C=O) groups is 2. The predicted molar refractivity (Wildman–Crippen MR) is 83.9 cm³/mol. The first-order valence-electron chi connectivity index (χ1n) is 7.44. The molecule has 2 rings (SSSR count). The van der Waals surface area contributed by atoms with Gasteiger partial charge in [0, 0.05) is 13.1 Å². The Bertz CT molecular complexity index is 566. The van der Waals surface area contributed by atoms with E-state index in [-0.39, 0.29) is 18.6 Å². The van der Waals surface area contributed by atoms with Crippen molar-refractivity contribution in [2.75, 3.05) is 19.7 Å². The fourth-order valence-electron chi connectivity index (χ4n) is 2.41. The van der Waals surface area contributed by atoms with Crippen LogP contribution in [0, 0.1) is 6.92 Å². The van der Waals surface area contributed by atoms with Gasteiger partial charge in [-0.1, -0.05) is 26.0 Å². The number of primary amides is 1. The number of hydrogen-bond acceptors (Lipinski definition) is 3. The number of nitrogens with two attached hydrogens (primary N) is 1. The Balaban J connectivity index is 1.84. The van der Waals surface area contributed by atoms with Gasteiger partial charge in [-0.3, -0.25) is 4.79 Å². The van der Waals surface area contributed by atoms with Crippen molar-refractivity contribution in [3.05, 3.63) is 29.3 Å². The SMILES string of the molecule is Cc1ccc(C(C)C)c(OCC(=O)NC2CN(C(N)=O)C2)c1. The molecule has 1 aromatic carbocycles. The molecule has 3 amide bonds. The Hall–Kier alpha value is -2.24. The molecule has 120 valence electrons. The summed E-state index contributed by atoms with van der Waals surface area (Å²) >= 11 is 0. The fraction of sp³-hybridized carbons (Fsp3) is 0.500. The molecule has 0 saturated carbocycles. The lowest BCUT2D eigenvalue weighted by molar-refractivity contribution is -0.124. The summed E-state index contributed by atoms with van der Waals surface area (Å²) in [6.07, 6.45) is 0. The predicted octanol–water partition coefficient (Wildman–Crippen LogP) is 1.38. The van der Waals surface area contributed by atoms with Gasteiger partial charge in [0.15, 0.2) is 6.61 Å². The van der Waals surface area contributed by atoms with Crippen molar-refractivity contribution in [2.24, 2.45) is 5.73 Å². The van der Waals surface area contributed by atoms with E-state index in [4.69, 9.17) is 10.5 Å². The van der Waals surface area contributed by atoms with Crippen molar-refractivity contribution < 1.29 is 14.3 Å². The molecule has 1 aromatic rings. The molecule has 1 aliphatic rings. The number of ether oxygens (including phenoxy) is 1. The molecule has 3 N–H and O–H groups in total. The van der Waals surface area contributed by atoms with Gasteiger partial charge in [-0.25, -0.2) is 4.79 Å². The molecule has 1 fully saturated rings. The number of nitrogens with one attached hydrogen (secondary N) is 1. The molecule has 6 nitrogen and oxygen atoms in total. The highest BCUT2D eigenvalue weighted by Crippen LogP contribution is 2.27. The molecule has 0 unspecified atom stereocenters. The van der Waals surface area contributed by atoms with E-state index in [2.05, 4.69) is 19.2 Å². The first kappa shape index (κ1) is 16.1. The van der Waals surface area contributed by atoms with Crippen molar-refractivity contribution in [3.8, 4) is 5.75 Å². The monoisotopic (exact) mass is 305 g/mol. The van der Waals surface area contributed by atoms with E-state index < -0.39 is 6.03 Å². The third-order valence-electron chi connectivity index (χ3n) is 3.71. The van der Waals surface area contributed by atoms with Gasteiger partial charge in [-0.05, 0) is 30.0 Å². The van der Waals surface area contributed by atoms with Gasteiger partial charge < -0.3 is 20.7 Å². The maximum atomic E-state index is 11.9. The summed E-state index contributed by atoms with van der Waals surface area (Å²) in [7, 11) is 0. The maximum Gasteiger partial charge on any atom is 0.314 e. The van der Waals surface area contributed by atoms with Crippen molar-refractivity contribution in [1.82, 2.24) is 10.2 Å². The highest BCUT2D eigenvalue weighted by Gasteiger charge is 2.30. The van der Waals surface area contributed by atoms with Crippen LogP contribution in [0.5, 0.6) is 5.75 Å². The highest BCUT2D eigenvalue weighted by molar-refractivity contribution is 5.79. The van der Waals surface area contributed by atoms with E-state index in [0.29, 0.717) is 19.0 Å². The smallest absolute Gasteiger partial charge is 0.314 e. The number of amides is 3. The zero-order valence-electron chi connectivity index (χ0n) is 13.3. The average molecular weight is 305 g/mol. The summed E-state index contributed by atoms with van der Waals surface area (Å²) in [6.45, 7) is 7.06. The third-order valence-corrected chi connectivity index (χ3v) is 3.71.